The molecule has 0 aliphatic heterocycles. The zero-order chi connectivity index (χ0) is 10.7. The van der Waals surface area contributed by atoms with Gasteiger partial charge in [0.25, 0.3) is 0 Å². The van der Waals surface area contributed by atoms with Gasteiger partial charge in [-0.25, -0.2) is 4.79 Å². The molecule has 76 valence electrons. The molecule has 0 aromatic carbocycles. The monoisotopic (exact) mass is 212 g/mol. The summed E-state index contributed by atoms with van der Waals surface area (Å²) in [4.78, 5) is 22.3. The molecule has 0 saturated heterocycles. The number of thiophene rings is 1. The van der Waals surface area contributed by atoms with Crippen molar-refractivity contribution in [1.29, 1.82) is 0 Å². The molecule has 0 aliphatic carbocycles. The average molecular weight is 212 g/mol. The fourth-order valence-electron chi connectivity index (χ4n) is 1.08. The summed E-state index contributed by atoms with van der Waals surface area (Å²) in [5.74, 6) is -0.655. The maximum absolute atomic E-state index is 11.5. The number of carbonyl (C=O) groups excluding carboxylic acids is 1. The van der Waals surface area contributed by atoms with Crippen LogP contribution in [0.1, 0.15) is 40.3 Å². The fraction of sp³-hybridized carbons (Fsp3) is 0.400. The van der Waals surface area contributed by atoms with Crippen molar-refractivity contribution in [3.8, 4) is 0 Å². The first-order chi connectivity index (χ1) is 6.50. The Balaban J connectivity index is 2.76. The summed E-state index contributed by atoms with van der Waals surface area (Å²) < 4.78 is 0. The molecule has 0 radical (unpaired) electrons. The maximum atomic E-state index is 11.5. The molecule has 1 heterocycles. The van der Waals surface area contributed by atoms with Crippen molar-refractivity contribution >= 4 is 23.1 Å². The summed E-state index contributed by atoms with van der Waals surface area (Å²) in [5, 5.41) is 10.3. The third kappa shape index (κ3) is 2.67. The van der Waals surface area contributed by atoms with Gasteiger partial charge in [0.15, 0.2) is 5.78 Å². The highest BCUT2D eigenvalue weighted by atomic mass is 32.1. The van der Waals surface area contributed by atoms with Gasteiger partial charge in [0, 0.05) is 17.4 Å². The van der Waals surface area contributed by atoms with Crippen LogP contribution >= 0.6 is 11.3 Å². The number of carboxylic acid groups (broad SMARTS) is 1. The van der Waals surface area contributed by atoms with Gasteiger partial charge in [-0.3, -0.25) is 4.79 Å². The number of rotatable bonds is 4. The smallest absolute Gasteiger partial charge is 0.345 e. The summed E-state index contributed by atoms with van der Waals surface area (Å²) in [6.45, 7) is 3.92. The van der Waals surface area contributed by atoms with E-state index in [1.807, 2.05) is 13.8 Å². The lowest BCUT2D eigenvalue weighted by Crippen LogP contribution is -2.02. The number of Topliss-reactive ketones (excluding diaryl/α,β-unsaturated/α-hetero) is 1. The van der Waals surface area contributed by atoms with Crippen molar-refractivity contribution in [3.63, 3.8) is 0 Å². The summed E-state index contributed by atoms with van der Waals surface area (Å²) >= 11 is 1.09. The molecule has 1 N–H and O–H groups in total. The van der Waals surface area contributed by atoms with E-state index in [2.05, 4.69) is 0 Å². The van der Waals surface area contributed by atoms with Gasteiger partial charge in [0.2, 0.25) is 0 Å². The van der Waals surface area contributed by atoms with Crippen LogP contribution < -0.4 is 0 Å². The quantitative estimate of drug-likeness (QED) is 0.780. The van der Waals surface area contributed by atoms with E-state index < -0.39 is 5.97 Å². The predicted octanol–water partition coefficient (Wildman–Crippen LogP) is 2.68. The van der Waals surface area contributed by atoms with Gasteiger partial charge in [-0.15, -0.1) is 11.3 Å². The number of carbonyl (C=O) groups is 2. The lowest BCUT2D eigenvalue weighted by molar-refractivity contribution is 0.0702. The van der Waals surface area contributed by atoms with Gasteiger partial charge in [0.05, 0.1) is 0 Å². The molecule has 1 rings (SSSR count). The maximum Gasteiger partial charge on any atom is 0.345 e. The van der Waals surface area contributed by atoms with Crippen molar-refractivity contribution in [1.82, 2.24) is 0 Å². The molecule has 0 atom stereocenters. The van der Waals surface area contributed by atoms with Crippen LogP contribution in [0.3, 0.4) is 0 Å². The normalized spacial score (nSPS) is 10.5. The van der Waals surface area contributed by atoms with Crippen LogP contribution in [0.25, 0.3) is 0 Å². The van der Waals surface area contributed by atoms with Gasteiger partial charge in [-0.05, 0) is 12.0 Å². The van der Waals surface area contributed by atoms with Crippen LogP contribution in [0.15, 0.2) is 11.4 Å². The van der Waals surface area contributed by atoms with E-state index in [9.17, 15) is 9.59 Å². The van der Waals surface area contributed by atoms with E-state index in [1.165, 1.54) is 6.07 Å². The van der Waals surface area contributed by atoms with Crippen molar-refractivity contribution < 1.29 is 14.7 Å². The van der Waals surface area contributed by atoms with E-state index in [0.29, 0.717) is 17.9 Å². The number of hydrogen-bond acceptors (Lipinski definition) is 3. The zero-order valence-corrected chi connectivity index (χ0v) is 8.93. The molecular weight excluding hydrogens is 200 g/mol. The minimum Gasteiger partial charge on any atom is -0.477 e. The zero-order valence-electron chi connectivity index (χ0n) is 8.11. The molecule has 14 heavy (non-hydrogen) atoms. The summed E-state index contributed by atoms with van der Waals surface area (Å²) in [6, 6.07) is 1.44. The van der Waals surface area contributed by atoms with Crippen LogP contribution in [-0.2, 0) is 0 Å². The molecule has 0 saturated carbocycles. The average Bonchev–Trinajstić information content (AvgIpc) is 2.50. The van der Waals surface area contributed by atoms with Crippen molar-refractivity contribution in [2.45, 2.75) is 20.3 Å². The first-order valence-corrected chi connectivity index (χ1v) is 5.23. The third-order valence-electron chi connectivity index (χ3n) is 1.73. The van der Waals surface area contributed by atoms with Crippen LogP contribution in [0.4, 0.5) is 0 Å². The molecule has 0 aliphatic rings. The molecule has 1 aromatic heterocycles. The Labute approximate surface area is 86.4 Å². The van der Waals surface area contributed by atoms with Gasteiger partial charge >= 0.3 is 5.97 Å². The second-order valence-electron chi connectivity index (χ2n) is 3.53. The van der Waals surface area contributed by atoms with Gasteiger partial charge < -0.3 is 5.11 Å². The largest absolute Gasteiger partial charge is 0.477 e. The van der Waals surface area contributed by atoms with E-state index in [4.69, 9.17) is 5.11 Å². The lowest BCUT2D eigenvalue weighted by atomic mass is 10.0. The minimum atomic E-state index is -0.974. The molecule has 4 heteroatoms. The first kappa shape index (κ1) is 10.9. The van der Waals surface area contributed by atoms with Gasteiger partial charge in [-0.1, -0.05) is 13.8 Å². The molecule has 0 fully saturated rings. The topological polar surface area (TPSA) is 54.4 Å². The predicted molar refractivity (Wildman–Crippen MR) is 55.1 cm³/mol. The Morgan fingerprint density at radius 2 is 2.14 bits per heavy atom. The summed E-state index contributed by atoms with van der Waals surface area (Å²) in [5.41, 5.74) is 0.515. The Kier molecular flexibility index (Phi) is 3.41. The number of hydrogen-bond donors (Lipinski definition) is 1. The highest BCUT2D eigenvalue weighted by Crippen LogP contribution is 2.17. The molecule has 0 amide bonds. The van der Waals surface area contributed by atoms with Crippen LogP contribution in [0.5, 0.6) is 0 Å². The standard InChI is InChI=1S/C10H12O3S/c1-6(2)3-8(11)7-4-9(10(12)13)14-5-7/h4-6H,3H2,1-2H3,(H,12,13). The Bertz CT molecular complexity index is 352. The van der Waals surface area contributed by atoms with Crippen LogP contribution in [0, 0.1) is 5.92 Å². The van der Waals surface area contributed by atoms with E-state index >= 15 is 0 Å². The number of carboxylic acids is 1. The van der Waals surface area contributed by atoms with Crippen molar-refractivity contribution in [3.05, 3.63) is 21.9 Å². The molecule has 1 aromatic rings. The van der Waals surface area contributed by atoms with Crippen molar-refractivity contribution in [2.24, 2.45) is 5.92 Å². The second-order valence-corrected chi connectivity index (χ2v) is 4.44. The van der Waals surface area contributed by atoms with Gasteiger partial charge in [0.1, 0.15) is 4.88 Å². The fourth-order valence-corrected chi connectivity index (χ4v) is 1.83. The van der Waals surface area contributed by atoms with Gasteiger partial charge in [-0.2, -0.15) is 0 Å². The van der Waals surface area contributed by atoms with Crippen LogP contribution in [-0.4, -0.2) is 16.9 Å². The lowest BCUT2D eigenvalue weighted by Gasteiger charge is -2.00. The highest BCUT2D eigenvalue weighted by Gasteiger charge is 2.13. The Hall–Kier alpha value is -1.16. The van der Waals surface area contributed by atoms with Crippen molar-refractivity contribution in [2.75, 3.05) is 0 Å². The van der Waals surface area contributed by atoms with E-state index in [1.54, 1.807) is 5.38 Å². The second kappa shape index (κ2) is 4.37. The van der Waals surface area contributed by atoms with Crippen LogP contribution in [0.2, 0.25) is 0 Å². The molecule has 0 unspecified atom stereocenters. The third-order valence-corrected chi connectivity index (χ3v) is 2.64. The Morgan fingerprint density at radius 1 is 1.50 bits per heavy atom. The number of ketones is 1. The number of aromatic carboxylic acids is 1. The molecular formula is C10H12O3S. The minimum absolute atomic E-state index is 0.0174. The van der Waals surface area contributed by atoms with E-state index in [0.717, 1.165) is 11.3 Å². The summed E-state index contributed by atoms with van der Waals surface area (Å²) in [7, 11) is 0. The highest BCUT2D eigenvalue weighted by molar-refractivity contribution is 7.12. The molecule has 0 spiro atoms. The summed E-state index contributed by atoms with van der Waals surface area (Å²) in [6.07, 6.45) is 0.468. The Morgan fingerprint density at radius 3 is 2.57 bits per heavy atom. The molecule has 0 bridgehead atoms. The SMILES string of the molecule is CC(C)CC(=O)c1csc(C(=O)O)c1. The van der Waals surface area contributed by atoms with E-state index in [-0.39, 0.29) is 10.7 Å². The first-order valence-electron chi connectivity index (χ1n) is 4.35. The molecule has 3 nitrogen and oxygen atoms in total.